The highest BCUT2D eigenvalue weighted by molar-refractivity contribution is 7.66. The molecule has 3 unspecified atom stereocenters. The van der Waals surface area contributed by atoms with Crippen molar-refractivity contribution in [3.8, 4) is 12.3 Å². The van der Waals surface area contributed by atoms with Crippen molar-refractivity contribution in [2.24, 2.45) is 5.41 Å². The maximum Gasteiger partial charge on any atom is 0.490 e. The van der Waals surface area contributed by atoms with Gasteiger partial charge >= 0.3 is 23.5 Å². The first-order chi connectivity index (χ1) is 16.4. The number of rotatable bonds is 8. The molecule has 2 aromatic heterocycles. The molecule has 2 aromatic rings. The number of H-pyrrole nitrogens is 1. The lowest BCUT2D eigenvalue weighted by Gasteiger charge is -2.30. The van der Waals surface area contributed by atoms with Crippen LogP contribution in [0, 0.1) is 17.8 Å². The number of nitrogen functional groups attached to an aromatic ring is 1. The summed E-state index contributed by atoms with van der Waals surface area (Å²) in [5.41, 5.74) is -2.12. The van der Waals surface area contributed by atoms with Crippen molar-refractivity contribution in [3.63, 3.8) is 0 Å². The number of halogens is 2. The minimum atomic E-state index is -5.96. The van der Waals surface area contributed by atoms with E-state index < -0.39 is 64.2 Å². The van der Waals surface area contributed by atoms with Crippen LogP contribution in [-0.2, 0) is 31.6 Å². The smallest absolute Gasteiger partial charge is 0.369 e. The molecular weight excluding hydrogens is 561 g/mol. The minimum Gasteiger partial charge on any atom is -0.369 e. The SMILES string of the molecule is C#C[C@]1(F)[C@H](n2cnc3c(=O)[nH]c(N)nc32)O[C@]2(F)C(OP(=O)(O)OP(=O)(O)OP(=O)(O)O)[C@@]21C=C. The Kier molecular flexibility index (Phi) is 5.82. The van der Waals surface area contributed by atoms with Crippen LogP contribution in [0.15, 0.2) is 23.8 Å². The summed E-state index contributed by atoms with van der Waals surface area (Å²) in [6, 6.07) is 0. The molecule has 1 aliphatic carbocycles. The van der Waals surface area contributed by atoms with Gasteiger partial charge in [0.2, 0.25) is 11.6 Å². The molecule has 4 rings (SSSR count). The van der Waals surface area contributed by atoms with Crippen LogP contribution in [0.3, 0.4) is 0 Å². The summed E-state index contributed by atoms with van der Waals surface area (Å²) in [6.07, 6.45) is 2.17. The molecule has 0 amide bonds. The zero-order chi connectivity index (χ0) is 27.1. The number of phosphoric ester groups is 1. The fourth-order valence-electron chi connectivity index (χ4n) is 3.98. The first-order valence-corrected chi connectivity index (χ1v) is 13.6. The maximum atomic E-state index is 16.3. The second kappa shape index (κ2) is 7.84. The van der Waals surface area contributed by atoms with Gasteiger partial charge in [0.25, 0.3) is 11.4 Å². The van der Waals surface area contributed by atoms with Crippen LogP contribution in [0.25, 0.3) is 11.2 Å². The number of imidazole rings is 1. The fraction of sp³-hybridized carbons (Fsp3) is 0.357. The van der Waals surface area contributed by atoms with Gasteiger partial charge in [0.15, 0.2) is 17.4 Å². The lowest BCUT2D eigenvalue weighted by Crippen LogP contribution is -2.41. The van der Waals surface area contributed by atoms with E-state index in [1.54, 1.807) is 5.92 Å². The first kappa shape index (κ1) is 26.7. The van der Waals surface area contributed by atoms with Crippen molar-refractivity contribution in [2.45, 2.75) is 23.9 Å². The normalized spacial score (nSPS) is 34.9. The number of aromatic nitrogens is 4. The van der Waals surface area contributed by atoms with Crippen molar-refractivity contribution < 1.29 is 59.9 Å². The number of ether oxygens (including phenoxy) is 1. The molecule has 36 heavy (non-hydrogen) atoms. The highest BCUT2D eigenvalue weighted by Gasteiger charge is 2.96. The molecule has 1 aliphatic heterocycles. The molecule has 7 atom stereocenters. The molecule has 0 spiro atoms. The van der Waals surface area contributed by atoms with E-state index in [1.807, 2.05) is 0 Å². The largest absolute Gasteiger partial charge is 0.490 e. The van der Waals surface area contributed by atoms with Crippen LogP contribution in [-0.4, -0.2) is 56.7 Å². The van der Waals surface area contributed by atoms with Crippen LogP contribution in [0.5, 0.6) is 0 Å². The van der Waals surface area contributed by atoms with Gasteiger partial charge in [-0.2, -0.15) is 13.6 Å². The molecule has 7 N–H and O–H groups in total. The second-order valence-corrected chi connectivity index (χ2v) is 11.8. The number of nitrogens with zero attached hydrogens (tertiary/aromatic N) is 3. The van der Waals surface area contributed by atoms with Gasteiger partial charge in [-0.3, -0.25) is 18.9 Å². The van der Waals surface area contributed by atoms with E-state index in [0.29, 0.717) is 6.08 Å². The average molecular weight is 575 g/mol. The summed E-state index contributed by atoms with van der Waals surface area (Å²) in [4.78, 5) is 57.9. The number of hydrogen-bond acceptors (Lipinski definition) is 11. The van der Waals surface area contributed by atoms with Gasteiger partial charge in [0.1, 0.15) is 11.5 Å². The van der Waals surface area contributed by atoms with Crippen LogP contribution in [0.4, 0.5) is 14.7 Å². The topological polar surface area (TPSA) is 259 Å². The lowest BCUT2D eigenvalue weighted by atomic mass is 9.85. The minimum absolute atomic E-state index is 0.349. The molecule has 3 heterocycles. The number of aromatic amines is 1. The Balaban J connectivity index is 1.70. The molecule has 1 saturated heterocycles. The Bertz CT molecular complexity index is 1540. The molecular formula is C14H14F2N5O12P3. The Labute approximate surface area is 197 Å². The summed E-state index contributed by atoms with van der Waals surface area (Å²) < 4.78 is 84.1. The maximum absolute atomic E-state index is 16.3. The molecule has 17 nitrogen and oxygen atoms in total. The van der Waals surface area contributed by atoms with Crippen molar-refractivity contribution in [2.75, 3.05) is 5.73 Å². The van der Waals surface area contributed by atoms with Crippen molar-refractivity contribution in [3.05, 3.63) is 29.3 Å². The first-order valence-electron chi connectivity index (χ1n) is 9.08. The highest BCUT2D eigenvalue weighted by Crippen LogP contribution is 2.80. The molecule has 2 fully saturated rings. The van der Waals surface area contributed by atoms with E-state index in [4.69, 9.17) is 26.7 Å². The van der Waals surface area contributed by atoms with Gasteiger partial charge in [-0.1, -0.05) is 12.0 Å². The number of hydrogen-bond donors (Lipinski definition) is 6. The third-order valence-corrected chi connectivity index (χ3v) is 9.15. The summed E-state index contributed by atoms with van der Waals surface area (Å²) >= 11 is 0. The zero-order valence-electron chi connectivity index (χ0n) is 17.2. The zero-order valence-corrected chi connectivity index (χ0v) is 19.8. The van der Waals surface area contributed by atoms with Crippen molar-refractivity contribution in [1.82, 2.24) is 19.5 Å². The standard InChI is InChI=1S/C14H14F2N5O12P3/c1-3-12-9(31-35(26,27)33-36(28,29)32-34(23,24)25)14(12,16)30-10(13(12,15)4-2)21-5-18-6-7(21)19-11(17)20-8(6)22/h2-3,5,9-10H,1H2,(H,26,27)(H,28,29)(H2,23,24,25)(H3,17,19,20,22)/t9?,10-,12-,13+,14-/m1/s1. The van der Waals surface area contributed by atoms with Gasteiger partial charge < -0.3 is 30.0 Å². The Morgan fingerprint density at radius 2 is 1.92 bits per heavy atom. The molecule has 196 valence electrons. The van der Waals surface area contributed by atoms with Gasteiger partial charge in [0, 0.05) is 0 Å². The number of fused-ring (bicyclic) bond motifs is 2. The number of terminal acetylenes is 1. The fourth-order valence-corrected chi connectivity index (χ4v) is 7.21. The predicted octanol–water partition coefficient (Wildman–Crippen LogP) is 0.136. The third kappa shape index (κ3) is 3.79. The van der Waals surface area contributed by atoms with Gasteiger partial charge in [-0.25, -0.2) is 27.5 Å². The van der Waals surface area contributed by atoms with Crippen LogP contribution in [0.1, 0.15) is 6.23 Å². The van der Waals surface area contributed by atoms with E-state index in [-0.39, 0.29) is 11.2 Å². The quantitative estimate of drug-likeness (QED) is 0.139. The van der Waals surface area contributed by atoms with Crippen molar-refractivity contribution >= 4 is 40.6 Å². The van der Waals surface area contributed by atoms with Crippen LogP contribution >= 0.6 is 23.5 Å². The van der Waals surface area contributed by atoms with Crippen LogP contribution < -0.4 is 11.3 Å². The van der Waals surface area contributed by atoms with E-state index >= 15 is 8.78 Å². The summed E-state index contributed by atoms with van der Waals surface area (Å²) in [7, 11) is -17.6. The number of nitrogens with one attached hydrogen (secondary N) is 1. The Hall–Kier alpha value is -2.32. The van der Waals surface area contributed by atoms with E-state index in [1.165, 1.54) is 0 Å². The molecule has 0 bridgehead atoms. The highest BCUT2D eigenvalue weighted by atomic mass is 31.3. The second-order valence-electron chi connectivity index (χ2n) is 7.40. The summed E-state index contributed by atoms with van der Waals surface area (Å²) in [5.74, 6) is -2.13. The number of alkyl halides is 2. The van der Waals surface area contributed by atoms with E-state index in [9.17, 15) is 28.3 Å². The van der Waals surface area contributed by atoms with E-state index in [2.05, 4.69) is 34.7 Å². The number of anilines is 1. The van der Waals surface area contributed by atoms with Gasteiger partial charge in [-0.05, 0) is 0 Å². The summed E-state index contributed by atoms with van der Waals surface area (Å²) in [6.45, 7) is 3.26. The molecule has 1 saturated carbocycles. The van der Waals surface area contributed by atoms with Gasteiger partial charge in [-0.15, -0.1) is 13.0 Å². The molecule has 0 radical (unpaired) electrons. The molecule has 22 heteroatoms. The monoisotopic (exact) mass is 575 g/mol. The predicted molar refractivity (Wildman–Crippen MR) is 111 cm³/mol. The van der Waals surface area contributed by atoms with Crippen LogP contribution in [0.2, 0.25) is 0 Å². The average Bonchev–Trinajstić information content (AvgIpc) is 2.97. The summed E-state index contributed by atoms with van der Waals surface area (Å²) in [5, 5.41) is 0. The number of nitrogens with two attached hydrogens (primary N) is 1. The van der Waals surface area contributed by atoms with Crippen molar-refractivity contribution in [1.29, 1.82) is 0 Å². The van der Waals surface area contributed by atoms with E-state index in [0.717, 1.165) is 10.9 Å². The molecule has 2 aliphatic rings. The molecule has 0 aromatic carbocycles. The van der Waals surface area contributed by atoms with Gasteiger partial charge in [0.05, 0.1) is 6.33 Å². The number of phosphoric acid groups is 3. The Morgan fingerprint density at radius 3 is 2.47 bits per heavy atom. The third-order valence-electron chi connectivity index (χ3n) is 5.35. The Morgan fingerprint density at radius 1 is 1.28 bits per heavy atom. The lowest BCUT2D eigenvalue weighted by molar-refractivity contribution is -0.150.